The van der Waals surface area contributed by atoms with Crippen LogP contribution in [0.4, 0.5) is 5.69 Å². The molecule has 136 valence electrons. The third-order valence-corrected chi connectivity index (χ3v) is 4.06. The fraction of sp³-hybridized carbons (Fsp3) is 0.211. The number of ether oxygens (including phenoxy) is 1. The standard InChI is InChI=1S/C19H19ClN2O3S/c1-2-25-18(24)14-7-10-15(11-8-14)21-19(26)22-17(23)12-9-13-5-3-4-6-16(13)20/h3-8,10-11H,2,9,12H2,1H3,(H2,21,22,23,26). The van der Waals surface area contributed by atoms with Gasteiger partial charge < -0.3 is 15.4 Å². The average Bonchev–Trinajstić information content (AvgIpc) is 2.61. The van der Waals surface area contributed by atoms with Crippen molar-refractivity contribution in [3.8, 4) is 0 Å². The van der Waals surface area contributed by atoms with Gasteiger partial charge in [-0.15, -0.1) is 0 Å². The van der Waals surface area contributed by atoms with Crippen LogP contribution >= 0.6 is 23.8 Å². The summed E-state index contributed by atoms with van der Waals surface area (Å²) in [5, 5.41) is 6.36. The van der Waals surface area contributed by atoms with E-state index in [-0.39, 0.29) is 23.4 Å². The van der Waals surface area contributed by atoms with Crippen LogP contribution in [0.2, 0.25) is 5.02 Å². The number of carbonyl (C=O) groups excluding carboxylic acids is 2. The van der Waals surface area contributed by atoms with Crippen molar-refractivity contribution < 1.29 is 14.3 Å². The minimum Gasteiger partial charge on any atom is -0.462 e. The molecule has 2 rings (SSSR count). The molecule has 0 radical (unpaired) electrons. The lowest BCUT2D eigenvalue weighted by molar-refractivity contribution is -0.119. The first-order valence-corrected chi connectivity index (χ1v) is 8.89. The first kappa shape index (κ1) is 19.9. The summed E-state index contributed by atoms with van der Waals surface area (Å²) in [7, 11) is 0. The van der Waals surface area contributed by atoms with E-state index in [1.165, 1.54) is 0 Å². The second-order valence-electron chi connectivity index (χ2n) is 5.39. The van der Waals surface area contributed by atoms with Crippen molar-refractivity contribution in [2.45, 2.75) is 19.8 Å². The summed E-state index contributed by atoms with van der Waals surface area (Å²) in [5.41, 5.74) is 2.03. The first-order chi connectivity index (χ1) is 12.5. The average molecular weight is 391 g/mol. The van der Waals surface area contributed by atoms with E-state index in [9.17, 15) is 9.59 Å². The van der Waals surface area contributed by atoms with E-state index >= 15 is 0 Å². The molecular formula is C19H19ClN2O3S. The number of thiocarbonyl (C=S) groups is 1. The summed E-state index contributed by atoms with van der Waals surface area (Å²) in [6, 6.07) is 14.0. The maximum absolute atomic E-state index is 12.0. The van der Waals surface area contributed by atoms with E-state index in [0.717, 1.165) is 5.56 Å². The van der Waals surface area contributed by atoms with Gasteiger partial charge in [0.1, 0.15) is 0 Å². The van der Waals surface area contributed by atoms with Crippen LogP contribution in [-0.4, -0.2) is 23.6 Å². The molecule has 0 atom stereocenters. The molecule has 1 amide bonds. The van der Waals surface area contributed by atoms with Gasteiger partial charge in [0.2, 0.25) is 5.91 Å². The Morgan fingerprint density at radius 2 is 1.81 bits per heavy atom. The number of nitrogens with one attached hydrogen (secondary N) is 2. The Labute approximate surface area is 162 Å². The minimum atomic E-state index is -0.380. The Kier molecular flexibility index (Phi) is 7.56. The molecule has 5 nitrogen and oxygen atoms in total. The van der Waals surface area contributed by atoms with E-state index in [2.05, 4.69) is 10.6 Å². The summed E-state index contributed by atoms with van der Waals surface area (Å²) < 4.78 is 4.92. The Hall–Kier alpha value is -2.44. The van der Waals surface area contributed by atoms with E-state index in [0.29, 0.717) is 29.3 Å². The molecule has 0 aliphatic rings. The molecule has 0 aromatic heterocycles. The van der Waals surface area contributed by atoms with Crippen molar-refractivity contribution in [2.24, 2.45) is 0 Å². The number of hydrogen-bond donors (Lipinski definition) is 2. The van der Waals surface area contributed by atoms with Gasteiger partial charge in [-0.1, -0.05) is 29.8 Å². The second-order valence-corrected chi connectivity index (χ2v) is 6.21. The highest BCUT2D eigenvalue weighted by Crippen LogP contribution is 2.16. The Bertz CT molecular complexity index is 794. The number of hydrogen-bond acceptors (Lipinski definition) is 4. The smallest absolute Gasteiger partial charge is 0.338 e. The number of benzene rings is 2. The predicted octanol–water partition coefficient (Wildman–Crippen LogP) is 3.96. The van der Waals surface area contributed by atoms with Crippen LogP contribution in [-0.2, 0) is 16.0 Å². The zero-order valence-corrected chi connectivity index (χ0v) is 15.8. The molecule has 0 fully saturated rings. The van der Waals surface area contributed by atoms with Crippen molar-refractivity contribution in [1.29, 1.82) is 0 Å². The molecule has 0 heterocycles. The SMILES string of the molecule is CCOC(=O)c1ccc(NC(=S)NC(=O)CCc2ccccc2Cl)cc1. The van der Waals surface area contributed by atoms with Gasteiger partial charge in [0, 0.05) is 17.1 Å². The van der Waals surface area contributed by atoms with Gasteiger partial charge in [-0.05, 0) is 61.5 Å². The Morgan fingerprint density at radius 1 is 1.12 bits per heavy atom. The van der Waals surface area contributed by atoms with E-state index in [4.69, 9.17) is 28.6 Å². The van der Waals surface area contributed by atoms with Crippen LogP contribution in [0.1, 0.15) is 29.3 Å². The van der Waals surface area contributed by atoms with E-state index in [1.807, 2.05) is 18.2 Å². The zero-order chi connectivity index (χ0) is 18.9. The monoisotopic (exact) mass is 390 g/mol. The number of anilines is 1. The molecular weight excluding hydrogens is 372 g/mol. The Morgan fingerprint density at radius 3 is 2.46 bits per heavy atom. The molecule has 0 unspecified atom stereocenters. The second kappa shape index (κ2) is 9.89. The lowest BCUT2D eigenvalue weighted by atomic mass is 10.1. The molecule has 0 saturated carbocycles. The fourth-order valence-electron chi connectivity index (χ4n) is 2.20. The van der Waals surface area contributed by atoms with Gasteiger partial charge in [-0.2, -0.15) is 0 Å². The van der Waals surface area contributed by atoms with Crippen LogP contribution < -0.4 is 10.6 Å². The van der Waals surface area contributed by atoms with Gasteiger partial charge in [0.15, 0.2) is 5.11 Å². The third kappa shape index (κ3) is 6.13. The highest BCUT2D eigenvalue weighted by molar-refractivity contribution is 7.80. The topological polar surface area (TPSA) is 67.4 Å². The molecule has 0 aliphatic carbocycles. The lowest BCUT2D eigenvalue weighted by Crippen LogP contribution is -2.34. The molecule has 2 aromatic carbocycles. The summed E-state index contributed by atoms with van der Waals surface area (Å²) in [6.45, 7) is 2.07. The number of carbonyl (C=O) groups is 2. The Balaban J connectivity index is 1.81. The predicted molar refractivity (Wildman–Crippen MR) is 107 cm³/mol. The van der Waals surface area contributed by atoms with Gasteiger partial charge in [-0.3, -0.25) is 4.79 Å². The minimum absolute atomic E-state index is 0.193. The highest BCUT2D eigenvalue weighted by atomic mass is 35.5. The number of rotatable bonds is 6. The number of aryl methyl sites for hydroxylation is 1. The van der Waals surface area contributed by atoms with Gasteiger partial charge in [0.25, 0.3) is 0 Å². The van der Waals surface area contributed by atoms with Crippen molar-refractivity contribution >= 4 is 46.5 Å². The summed E-state index contributed by atoms with van der Waals surface area (Å²) in [5.74, 6) is -0.583. The first-order valence-electron chi connectivity index (χ1n) is 8.11. The molecule has 0 bridgehead atoms. The molecule has 0 aliphatic heterocycles. The highest BCUT2D eigenvalue weighted by Gasteiger charge is 2.09. The van der Waals surface area contributed by atoms with Gasteiger partial charge in [0.05, 0.1) is 12.2 Å². The van der Waals surface area contributed by atoms with E-state index in [1.54, 1.807) is 37.3 Å². The number of halogens is 1. The fourth-order valence-corrected chi connectivity index (χ4v) is 2.67. The van der Waals surface area contributed by atoms with Crippen molar-refractivity contribution in [1.82, 2.24) is 5.32 Å². The number of amides is 1. The summed E-state index contributed by atoms with van der Waals surface area (Å²) in [6.07, 6.45) is 0.801. The lowest BCUT2D eigenvalue weighted by Gasteiger charge is -2.10. The summed E-state index contributed by atoms with van der Waals surface area (Å²) >= 11 is 11.2. The zero-order valence-electron chi connectivity index (χ0n) is 14.3. The van der Waals surface area contributed by atoms with Gasteiger partial charge >= 0.3 is 5.97 Å². The maximum atomic E-state index is 12.0. The molecule has 2 aromatic rings. The van der Waals surface area contributed by atoms with Crippen LogP contribution in [0.25, 0.3) is 0 Å². The molecule has 0 spiro atoms. The third-order valence-electron chi connectivity index (χ3n) is 3.49. The molecule has 7 heteroatoms. The van der Waals surface area contributed by atoms with Crippen molar-refractivity contribution in [2.75, 3.05) is 11.9 Å². The van der Waals surface area contributed by atoms with Crippen LogP contribution in [0.3, 0.4) is 0 Å². The van der Waals surface area contributed by atoms with Crippen LogP contribution in [0, 0.1) is 0 Å². The summed E-state index contributed by atoms with van der Waals surface area (Å²) in [4.78, 5) is 23.6. The van der Waals surface area contributed by atoms with Crippen molar-refractivity contribution in [3.63, 3.8) is 0 Å². The van der Waals surface area contributed by atoms with Crippen LogP contribution in [0.5, 0.6) is 0 Å². The normalized spacial score (nSPS) is 10.1. The van der Waals surface area contributed by atoms with E-state index < -0.39 is 0 Å². The van der Waals surface area contributed by atoms with Gasteiger partial charge in [-0.25, -0.2) is 4.79 Å². The quantitative estimate of drug-likeness (QED) is 0.577. The van der Waals surface area contributed by atoms with Crippen molar-refractivity contribution in [3.05, 3.63) is 64.7 Å². The molecule has 26 heavy (non-hydrogen) atoms. The number of esters is 1. The maximum Gasteiger partial charge on any atom is 0.338 e. The molecule has 2 N–H and O–H groups in total. The molecule has 0 saturated heterocycles. The largest absolute Gasteiger partial charge is 0.462 e. The van der Waals surface area contributed by atoms with Crippen LogP contribution in [0.15, 0.2) is 48.5 Å².